The second-order valence-electron chi connectivity index (χ2n) is 9.43. The van der Waals surface area contributed by atoms with Gasteiger partial charge in [0.2, 0.25) is 0 Å². The highest BCUT2D eigenvalue weighted by Crippen LogP contribution is 2.33. The van der Waals surface area contributed by atoms with E-state index in [9.17, 15) is 9.59 Å². The van der Waals surface area contributed by atoms with Crippen LogP contribution < -0.4 is 10.1 Å². The minimum absolute atomic E-state index is 0.0346. The Morgan fingerprint density at radius 3 is 2.35 bits per heavy atom. The minimum Gasteiger partial charge on any atom is -0.495 e. The van der Waals surface area contributed by atoms with Crippen LogP contribution in [0.3, 0.4) is 0 Å². The van der Waals surface area contributed by atoms with Gasteiger partial charge in [0.15, 0.2) is 0 Å². The molecular formula is C27H35N3O4. The van der Waals surface area contributed by atoms with Gasteiger partial charge in [0.1, 0.15) is 5.75 Å². The number of piperidine rings is 1. The molecule has 0 aromatic heterocycles. The maximum Gasteiger partial charge on any atom is 0.337 e. The van der Waals surface area contributed by atoms with Crippen LogP contribution in [0.15, 0.2) is 42.5 Å². The van der Waals surface area contributed by atoms with Gasteiger partial charge in [0, 0.05) is 32.2 Å². The fourth-order valence-corrected chi connectivity index (χ4v) is 4.59. The van der Waals surface area contributed by atoms with Gasteiger partial charge in [-0.05, 0) is 73.9 Å². The molecule has 1 heterocycles. The van der Waals surface area contributed by atoms with E-state index >= 15 is 0 Å². The zero-order valence-electron chi connectivity index (χ0n) is 20.4. The number of ether oxygens (including phenoxy) is 2. The van der Waals surface area contributed by atoms with E-state index in [4.69, 9.17) is 9.47 Å². The molecule has 1 N–H and O–H groups in total. The normalized spacial score (nSPS) is 16.7. The van der Waals surface area contributed by atoms with E-state index in [-0.39, 0.29) is 18.0 Å². The number of nitrogens with one attached hydrogen (secondary N) is 1. The molecule has 0 bridgehead atoms. The van der Waals surface area contributed by atoms with Crippen molar-refractivity contribution in [2.24, 2.45) is 5.92 Å². The molecule has 2 fully saturated rings. The number of methoxy groups -OCH3 is 2. The number of rotatable bonds is 8. The summed E-state index contributed by atoms with van der Waals surface area (Å²) in [5.41, 5.74) is 3.54. The lowest BCUT2D eigenvalue weighted by molar-refractivity contribution is 0.0600. The number of carbonyl (C=O) groups is 2. The summed E-state index contributed by atoms with van der Waals surface area (Å²) in [5.74, 6) is 0.986. The van der Waals surface area contributed by atoms with E-state index in [1.54, 1.807) is 7.11 Å². The summed E-state index contributed by atoms with van der Waals surface area (Å²) in [7, 11) is 3.02. The summed E-state index contributed by atoms with van der Waals surface area (Å²) < 4.78 is 10.2. The average Bonchev–Trinajstić information content (AvgIpc) is 3.67. The SMILES string of the molecule is COC(=O)c1ccc(CN2CCC(N(CC3CC3)C(=O)Nc3cc(C)ccc3OC)CC2)cc1. The van der Waals surface area contributed by atoms with E-state index < -0.39 is 0 Å². The molecule has 2 aromatic rings. The summed E-state index contributed by atoms with van der Waals surface area (Å²) >= 11 is 0. The molecule has 1 saturated heterocycles. The molecule has 0 spiro atoms. The third-order valence-corrected chi connectivity index (χ3v) is 6.79. The predicted octanol–water partition coefficient (Wildman–Crippen LogP) is 4.70. The number of carbonyl (C=O) groups excluding carboxylic acids is 2. The molecule has 2 aromatic carbocycles. The Morgan fingerprint density at radius 2 is 1.74 bits per heavy atom. The van der Waals surface area contributed by atoms with Crippen molar-refractivity contribution in [2.45, 2.75) is 45.2 Å². The van der Waals surface area contributed by atoms with Gasteiger partial charge in [-0.2, -0.15) is 0 Å². The lowest BCUT2D eigenvalue weighted by Gasteiger charge is -2.38. The Hall–Kier alpha value is -3.06. The van der Waals surface area contributed by atoms with Crippen molar-refractivity contribution in [2.75, 3.05) is 39.2 Å². The Balaban J connectivity index is 1.36. The third kappa shape index (κ3) is 6.08. The van der Waals surface area contributed by atoms with Crippen LogP contribution in [0.25, 0.3) is 0 Å². The van der Waals surface area contributed by atoms with Gasteiger partial charge in [-0.3, -0.25) is 4.90 Å². The Bertz CT molecular complexity index is 995. The van der Waals surface area contributed by atoms with Gasteiger partial charge < -0.3 is 19.7 Å². The maximum atomic E-state index is 13.3. The molecule has 182 valence electrons. The molecule has 0 atom stereocenters. The van der Waals surface area contributed by atoms with Crippen LogP contribution in [0.5, 0.6) is 5.75 Å². The predicted molar refractivity (Wildman–Crippen MR) is 132 cm³/mol. The minimum atomic E-state index is -0.315. The van der Waals surface area contributed by atoms with Crippen molar-refractivity contribution in [3.05, 3.63) is 59.2 Å². The second-order valence-corrected chi connectivity index (χ2v) is 9.43. The first kappa shape index (κ1) is 24.1. The standard InChI is InChI=1S/C27H35N3O4/c1-19-4-11-25(33-2)24(16-19)28-27(32)30(18-21-5-6-21)23-12-14-29(15-13-23)17-20-7-9-22(10-8-20)26(31)34-3/h4,7-11,16,21,23H,5-6,12-15,17-18H2,1-3H3,(H,28,32). The molecule has 1 saturated carbocycles. The van der Waals surface area contributed by atoms with Gasteiger partial charge in [-0.25, -0.2) is 9.59 Å². The fraction of sp³-hybridized carbons (Fsp3) is 0.481. The lowest BCUT2D eigenvalue weighted by atomic mass is 10.0. The monoisotopic (exact) mass is 465 g/mol. The smallest absolute Gasteiger partial charge is 0.337 e. The van der Waals surface area contributed by atoms with Crippen molar-refractivity contribution in [1.82, 2.24) is 9.80 Å². The van der Waals surface area contributed by atoms with Crippen molar-refractivity contribution >= 4 is 17.7 Å². The summed E-state index contributed by atoms with van der Waals surface area (Å²) in [5, 5.41) is 3.11. The Labute approximate surface area is 202 Å². The van der Waals surface area contributed by atoms with E-state index in [2.05, 4.69) is 15.1 Å². The number of aryl methyl sites for hydroxylation is 1. The molecule has 34 heavy (non-hydrogen) atoms. The zero-order valence-corrected chi connectivity index (χ0v) is 20.4. The van der Waals surface area contributed by atoms with Crippen molar-refractivity contribution in [1.29, 1.82) is 0 Å². The third-order valence-electron chi connectivity index (χ3n) is 6.79. The molecule has 0 unspecified atom stereocenters. The van der Waals surface area contributed by atoms with Gasteiger partial charge in [-0.1, -0.05) is 18.2 Å². The molecule has 4 rings (SSSR count). The van der Waals surface area contributed by atoms with Crippen molar-refractivity contribution in [3.8, 4) is 5.75 Å². The number of anilines is 1. The number of esters is 1. The van der Waals surface area contributed by atoms with E-state index in [1.807, 2.05) is 49.4 Å². The number of hydrogen-bond acceptors (Lipinski definition) is 5. The molecule has 1 aliphatic carbocycles. The van der Waals surface area contributed by atoms with Crippen LogP contribution in [0.4, 0.5) is 10.5 Å². The number of benzene rings is 2. The molecule has 7 nitrogen and oxygen atoms in total. The molecular weight excluding hydrogens is 430 g/mol. The summed E-state index contributed by atoms with van der Waals surface area (Å²) in [4.78, 5) is 29.5. The van der Waals surface area contributed by atoms with Crippen LogP contribution in [0.2, 0.25) is 0 Å². The number of likely N-dealkylation sites (tertiary alicyclic amines) is 1. The van der Waals surface area contributed by atoms with Crippen LogP contribution in [-0.4, -0.2) is 61.7 Å². The highest BCUT2D eigenvalue weighted by Gasteiger charge is 2.33. The molecule has 7 heteroatoms. The first-order valence-corrected chi connectivity index (χ1v) is 12.1. The summed E-state index contributed by atoms with van der Waals surface area (Å²) in [6.45, 7) is 5.54. The lowest BCUT2D eigenvalue weighted by Crippen LogP contribution is -2.49. The van der Waals surface area contributed by atoms with Gasteiger partial charge >= 0.3 is 12.0 Å². The van der Waals surface area contributed by atoms with Gasteiger partial charge in [-0.15, -0.1) is 0 Å². The van der Waals surface area contributed by atoms with E-state index in [0.29, 0.717) is 17.2 Å². The summed E-state index contributed by atoms with van der Waals surface area (Å²) in [6.07, 6.45) is 4.31. The molecule has 2 amide bonds. The number of amides is 2. The largest absolute Gasteiger partial charge is 0.495 e. The van der Waals surface area contributed by atoms with Gasteiger partial charge in [0.25, 0.3) is 0 Å². The summed E-state index contributed by atoms with van der Waals surface area (Å²) in [6, 6.07) is 13.6. The quantitative estimate of drug-likeness (QED) is 0.573. The Kier molecular flexibility index (Phi) is 7.73. The number of urea groups is 1. The first-order valence-electron chi connectivity index (χ1n) is 12.1. The van der Waals surface area contributed by atoms with Gasteiger partial charge in [0.05, 0.1) is 25.5 Å². The highest BCUT2D eigenvalue weighted by atomic mass is 16.5. The fourth-order valence-electron chi connectivity index (χ4n) is 4.59. The van der Waals surface area contributed by atoms with Crippen LogP contribution >= 0.6 is 0 Å². The average molecular weight is 466 g/mol. The topological polar surface area (TPSA) is 71.1 Å². The first-order chi connectivity index (χ1) is 16.5. The molecule has 1 aliphatic heterocycles. The number of nitrogens with zero attached hydrogens (tertiary/aromatic N) is 2. The highest BCUT2D eigenvalue weighted by molar-refractivity contribution is 5.91. The van der Waals surface area contributed by atoms with Crippen LogP contribution in [0, 0.1) is 12.8 Å². The zero-order chi connectivity index (χ0) is 24.1. The maximum absolute atomic E-state index is 13.3. The van der Waals surface area contributed by atoms with E-state index in [0.717, 1.165) is 50.3 Å². The second kappa shape index (κ2) is 10.9. The van der Waals surface area contributed by atoms with E-state index in [1.165, 1.54) is 25.5 Å². The molecule has 0 radical (unpaired) electrons. The number of hydrogen-bond donors (Lipinski definition) is 1. The molecule has 2 aliphatic rings. The van der Waals surface area contributed by atoms with Crippen molar-refractivity contribution < 1.29 is 19.1 Å². The van der Waals surface area contributed by atoms with Crippen molar-refractivity contribution in [3.63, 3.8) is 0 Å². The van der Waals surface area contributed by atoms with Crippen LogP contribution in [-0.2, 0) is 11.3 Å². The Morgan fingerprint density at radius 1 is 1.03 bits per heavy atom. The van der Waals surface area contributed by atoms with Crippen LogP contribution in [0.1, 0.15) is 47.2 Å².